The van der Waals surface area contributed by atoms with E-state index in [1.165, 1.54) is 0 Å². The second-order valence-corrected chi connectivity index (χ2v) is 5.81. The first-order chi connectivity index (χ1) is 7.45. The van der Waals surface area contributed by atoms with Crippen molar-refractivity contribution in [2.24, 2.45) is 17.8 Å². The molecular formula is C14H22O2. The zero-order chi connectivity index (χ0) is 11.9. The van der Waals surface area contributed by atoms with Crippen molar-refractivity contribution < 1.29 is 9.90 Å². The molecule has 1 fully saturated rings. The van der Waals surface area contributed by atoms with E-state index in [4.69, 9.17) is 0 Å². The molecule has 2 nitrogen and oxygen atoms in total. The van der Waals surface area contributed by atoms with E-state index in [1.807, 2.05) is 13.8 Å². The molecule has 0 aromatic heterocycles. The lowest BCUT2D eigenvalue weighted by Gasteiger charge is -2.47. The van der Waals surface area contributed by atoms with Crippen LogP contribution in [0.4, 0.5) is 0 Å². The van der Waals surface area contributed by atoms with Crippen molar-refractivity contribution in [2.75, 3.05) is 0 Å². The third-order valence-corrected chi connectivity index (χ3v) is 4.54. The topological polar surface area (TPSA) is 37.3 Å². The molecule has 0 bridgehead atoms. The Morgan fingerprint density at radius 1 is 1.44 bits per heavy atom. The quantitative estimate of drug-likeness (QED) is 0.740. The van der Waals surface area contributed by atoms with Crippen LogP contribution in [-0.4, -0.2) is 16.5 Å². The summed E-state index contributed by atoms with van der Waals surface area (Å²) in [5, 5.41) is 10.8. The molecule has 1 saturated carbocycles. The lowest BCUT2D eigenvalue weighted by atomic mass is 9.61. The molecule has 0 aliphatic heterocycles. The van der Waals surface area contributed by atoms with Crippen molar-refractivity contribution in [2.45, 2.75) is 52.1 Å². The fraction of sp³-hybridized carbons (Fsp3) is 0.786. The van der Waals surface area contributed by atoms with E-state index in [0.717, 1.165) is 24.8 Å². The third-order valence-electron chi connectivity index (χ3n) is 4.54. The molecule has 0 heterocycles. The SMILES string of the molecule is CC(C)[C@@]1(O)CC[C@@H](C)C2CCC(=O)C=C21. The Morgan fingerprint density at radius 3 is 2.75 bits per heavy atom. The van der Waals surface area contributed by atoms with E-state index in [9.17, 15) is 9.90 Å². The Balaban J connectivity index is 2.40. The van der Waals surface area contributed by atoms with Crippen molar-refractivity contribution >= 4 is 5.78 Å². The van der Waals surface area contributed by atoms with Crippen LogP contribution in [0, 0.1) is 17.8 Å². The summed E-state index contributed by atoms with van der Waals surface area (Å²) in [6.45, 7) is 6.34. The van der Waals surface area contributed by atoms with Gasteiger partial charge in [0.05, 0.1) is 5.60 Å². The number of carbonyl (C=O) groups is 1. The number of allylic oxidation sites excluding steroid dienone is 1. The first-order valence-electron chi connectivity index (χ1n) is 6.42. The van der Waals surface area contributed by atoms with Gasteiger partial charge in [0.15, 0.2) is 5.78 Å². The molecule has 90 valence electrons. The van der Waals surface area contributed by atoms with Gasteiger partial charge in [-0.05, 0) is 48.7 Å². The van der Waals surface area contributed by atoms with Gasteiger partial charge in [0, 0.05) is 6.42 Å². The number of hydrogen-bond donors (Lipinski definition) is 1. The number of fused-ring (bicyclic) bond motifs is 1. The highest BCUT2D eigenvalue weighted by atomic mass is 16.3. The first-order valence-corrected chi connectivity index (χ1v) is 6.42. The monoisotopic (exact) mass is 222 g/mol. The summed E-state index contributed by atoms with van der Waals surface area (Å²) in [6.07, 6.45) is 5.21. The maximum atomic E-state index is 11.5. The van der Waals surface area contributed by atoms with E-state index in [1.54, 1.807) is 6.08 Å². The van der Waals surface area contributed by atoms with Crippen LogP contribution < -0.4 is 0 Å². The number of ketones is 1. The summed E-state index contributed by atoms with van der Waals surface area (Å²) in [5.74, 6) is 1.43. The van der Waals surface area contributed by atoms with E-state index in [2.05, 4.69) is 6.92 Å². The smallest absolute Gasteiger partial charge is 0.155 e. The van der Waals surface area contributed by atoms with Crippen molar-refractivity contribution in [3.63, 3.8) is 0 Å². The number of aliphatic hydroxyl groups is 1. The molecule has 0 spiro atoms. The Morgan fingerprint density at radius 2 is 2.12 bits per heavy atom. The van der Waals surface area contributed by atoms with E-state index in [0.29, 0.717) is 18.3 Å². The van der Waals surface area contributed by atoms with Gasteiger partial charge in [-0.3, -0.25) is 4.79 Å². The molecule has 0 aromatic rings. The summed E-state index contributed by atoms with van der Waals surface area (Å²) < 4.78 is 0. The fourth-order valence-electron chi connectivity index (χ4n) is 3.26. The minimum absolute atomic E-state index is 0.194. The normalized spacial score (nSPS) is 39.6. The highest BCUT2D eigenvalue weighted by Gasteiger charge is 2.45. The summed E-state index contributed by atoms with van der Waals surface area (Å²) >= 11 is 0. The molecule has 1 unspecified atom stereocenters. The van der Waals surface area contributed by atoms with Crippen LogP contribution in [0.15, 0.2) is 11.6 Å². The van der Waals surface area contributed by atoms with Crippen molar-refractivity contribution in [3.8, 4) is 0 Å². The van der Waals surface area contributed by atoms with Gasteiger partial charge < -0.3 is 5.11 Å². The molecule has 1 N–H and O–H groups in total. The average molecular weight is 222 g/mol. The summed E-state index contributed by atoms with van der Waals surface area (Å²) in [6, 6.07) is 0. The van der Waals surface area contributed by atoms with Gasteiger partial charge in [-0.25, -0.2) is 0 Å². The molecule has 16 heavy (non-hydrogen) atoms. The van der Waals surface area contributed by atoms with Crippen LogP contribution in [0.2, 0.25) is 0 Å². The fourth-order valence-corrected chi connectivity index (χ4v) is 3.26. The zero-order valence-electron chi connectivity index (χ0n) is 10.5. The van der Waals surface area contributed by atoms with Gasteiger partial charge in [0.1, 0.15) is 0 Å². The predicted octanol–water partition coefficient (Wildman–Crippen LogP) is 2.71. The molecule has 3 atom stereocenters. The van der Waals surface area contributed by atoms with Crippen LogP contribution in [0.1, 0.15) is 46.5 Å². The van der Waals surface area contributed by atoms with Crippen LogP contribution in [0.25, 0.3) is 0 Å². The maximum absolute atomic E-state index is 11.5. The second kappa shape index (κ2) is 3.99. The van der Waals surface area contributed by atoms with Crippen molar-refractivity contribution in [3.05, 3.63) is 11.6 Å². The van der Waals surface area contributed by atoms with Gasteiger partial charge in [0.25, 0.3) is 0 Å². The van der Waals surface area contributed by atoms with Gasteiger partial charge in [-0.1, -0.05) is 20.8 Å². The average Bonchev–Trinajstić information content (AvgIpc) is 2.23. The summed E-state index contributed by atoms with van der Waals surface area (Å²) in [7, 11) is 0. The summed E-state index contributed by atoms with van der Waals surface area (Å²) in [4.78, 5) is 11.5. The molecule has 0 radical (unpaired) electrons. The minimum atomic E-state index is -0.729. The lowest BCUT2D eigenvalue weighted by molar-refractivity contribution is -0.116. The Hall–Kier alpha value is -0.630. The highest BCUT2D eigenvalue weighted by molar-refractivity contribution is 5.91. The molecular weight excluding hydrogens is 200 g/mol. The second-order valence-electron chi connectivity index (χ2n) is 5.81. The number of carbonyl (C=O) groups excluding carboxylic acids is 1. The molecule has 2 aliphatic carbocycles. The molecule has 2 rings (SSSR count). The van der Waals surface area contributed by atoms with Gasteiger partial charge in [-0.15, -0.1) is 0 Å². The van der Waals surface area contributed by atoms with Gasteiger partial charge in [0.2, 0.25) is 0 Å². The summed E-state index contributed by atoms with van der Waals surface area (Å²) in [5.41, 5.74) is 0.297. The molecule has 2 aliphatic rings. The van der Waals surface area contributed by atoms with Crippen LogP contribution >= 0.6 is 0 Å². The van der Waals surface area contributed by atoms with E-state index in [-0.39, 0.29) is 11.7 Å². The Bertz CT molecular complexity index is 330. The standard InChI is InChI=1S/C14H22O2/c1-9(2)14(16)7-6-10(3)12-5-4-11(15)8-13(12)14/h8-10,12,16H,4-7H2,1-3H3/t10-,12?,14+/m1/s1. The number of rotatable bonds is 1. The molecule has 0 amide bonds. The van der Waals surface area contributed by atoms with Crippen molar-refractivity contribution in [1.29, 1.82) is 0 Å². The van der Waals surface area contributed by atoms with E-state index < -0.39 is 5.60 Å². The Kier molecular flexibility index (Phi) is 2.95. The van der Waals surface area contributed by atoms with Crippen LogP contribution in [-0.2, 0) is 4.79 Å². The predicted molar refractivity (Wildman–Crippen MR) is 64.0 cm³/mol. The molecule has 0 saturated heterocycles. The van der Waals surface area contributed by atoms with E-state index >= 15 is 0 Å². The van der Waals surface area contributed by atoms with Crippen molar-refractivity contribution in [1.82, 2.24) is 0 Å². The minimum Gasteiger partial charge on any atom is -0.385 e. The largest absolute Gasteiger partial charge is 0.385 e. The van der Waals surface area contributed by atoms with Crippen LogP contribution in [0.3, 0.4) is 0 Å². The van der Waals surface area contributed by atoms with Gasteiger partial charge in [-0.2, -0.15) is 0 Å². The molecule has 2 heteroatoms. The maximum Gasteiger partial charge on any atom is 0.155 e. The zero-order valence-corrected chi connectivity index (χ0v) is 10.5. The number of hydrogen-bond acceptors (Lipinski definition) is 2. The lowest BCUT2D eigenvalue weighted by Crippen LogP contribution is -2.46. The highest BCUT2D eigenvalue weighted by Crippen LogP contribution is 2.47. The third kappa shape index (κ3) is 1.73. The van der Waals surface area contributed by atoms with Gasteiger partial charge >= 0.3 is 0 Å². The molecule has 0 aromatic carbocycles. The first kappa shape index (κ1) is 11.8. The Labute approximate surface area is 97.7 Å². The van der Waals surface area contributed by atoms with Crippen LogP contribution in [0.5, 0.6) is 0 Å².